The summed E-state index contributed by atoms with van der Waals surface area (Å²) in [5.41, 5.74) is -0.0678. The Balaban J connectivity index is 2.17. The second-order valence-electron chi connectivity index (χ2n) is 7.24. The third kappa shape index (κ3) is 4.72. The Morgan fingerprint density at radius 1 is 1.31 bits per heavy atom. The van der Waals surface area contributed by atoms with Gasteiger partial charge in [-0.05, 0) is 60.8 Å². The number of rotatable bonds is 2. The Morgan fingerprint density at radius 3 is 2.46 bits per heavy atom. The van der Waals surface area contributed by atoms with Crippen molar-refractivity contribution in [1.29, 1.82) is 0 Å². The summed E-state index contributed by atoms with van der Waals surface area (Å²) in [6.07, 6.45) is -0.645. The number of hydrogen-bond acceptors (Lipinski definition) is 4. The van der Waals surface area contributed by atoms with Crippen molar-refractivity contribution in [1.82, 2.24) is 4.90 Å². The topological polar surface area (TPSA) is 55.8 Å². The average molecular weight is 434 g/mol. The summed E-state index contributed by atoms with van der Waals surface area (Å²) in [6, 6.07) is 4.47. The lowest BCUT2D eigenvalue weighted by Gasteiger charge is -2.39. The van der Waals surface area contributed by atoms with Crippen LogP contribution in [0.3, 0.4) is 0 Å². The molecule has 0 bridgehead atoms. The molecule has 144 valence electrons. The second kappa shape index (κ2) is 7.50. The fourth-order valence-corrected chi connectivity index (χ4v) is 3.41. The van der Waals surface area contributed by atoms with Crippen LogP contribution in [0.1, 0.15) is 49.0 Å². The molecule has 0 radical (unpaired) electrons. The number of hydrogen-bond donors (Lipinski definition) is 0. The number of methoxy groups -OCH3 is 1. The number of carbonyl (C=O) groups excluding carboxylic acids is 2. The number of alkyl halides is 2. The molecule has 0 saturated carbocycles. The highest BCUT2D eigenvalue weighted by molar-refractivity contribution is 9.10. The van der Waals surface area contributed by atoms with E-state index in [-0.39, 0.29) is 18.5 Å². The number of benzene rings is 1. The number of nitrogens with zero attached hydrogens (tertiary/aromatic N) is 1. The number of ether oxygens (including phenoxy) is 2. The van der Waals surface area contributed by atoms with Crippen molar-refractivity contribution in [2.24, 2.45) is 0 Å². The fourth-order valence-electron chi connectivity index (χ4n) is 2.86. The van der Waals surface area contributed by atoms with E-state index in [1.54, 1.807) is 20.8 Å². The van der Waals surface area contributed by atoms with E-state index in [0.29, 0.717) is 10.0 Å². The molecule has 0 aromatic heterocycles. The van der Waals surface area contributed by atoms with Crippen LogP contribution in [-0.2, 0) is 9.47 Å². The van der Waals surface area contributed by atoms with Crippen molar-refractivity contribution in [2.45, 2.75) is 44.6 Å². The van der Waals surface area contributed by atoms with Gasteiger partial charge in [-0.3, -0.25) is 0 Å². The van der Waals surface area contributed by atoms with Crippen LogP contribution in [0.2, 0.25) is 0 Å². The lowest BCUT2D eigenvalue weighted by atomic mass is 9.86. The van der Waals surface area contributed by atoms with Crippen molar-refractivity contribution in [3.05, 3.63) is 33.8 Å². The summed E-state index contributed by atoms with van der Waals surface area (Å²) in [6.45, 7) is 4.54. The van der Waals surface area contributed by atoms with Crippen LogP contribution in [0.4, 0.5) is 13.6 Å². The van der Waals surface area contributed by atoms with Crippen LogP contribution < -0.4 is 0 Å². The van der Waals surface area contributed by atoms with Gasteiger partial charge in [-0.2, -0.15) is 0 Å². The predicted octanol–water partition coefficient (Wildman–Crippen LogP) is 4.60. The first-order valence-electron chi connectivity index (χ1n) is 8.18. The molecule has 1 atom stereocenters. The summed E-state index contributed by atoms with van der Waals surface area (Å²) >= 11 is 3.23. The van der Waals surface area contributed by atoms with Gasteiger partial charge in [0.2, 0.25) is 0 Å². The van der Waals surface area contributed by atoms with Gasteiger partial charge < -0.3 is 14.4 Å². The van der Waals surface area contributed by atoms with Crippen LogP contribution in [0.5, 0.6) is 0 Å². The highest BCUT2D eigenvalue weighted by Crippen LogP contribution is 2.41. The monoisotopic (exact) mass is 433 g/mol. The first-order chi connectivity index (χ1) is 11.9. The Kier molecular flexibility index (Phi) is 5.95. The molecular weight excluding hydrogens is 412 g/mol. The van der Waals surface area contributed by atoms with E-state index in [9.17, 15) is 18.4 Å². The molecule has 26 heavy (non-hydrogen) atoms. The maximum absolute atomic E-state index is 14.7. The maximum atomic E-state index is 14.7. The zero-order valence-corrected chi connectivity index (χ0v) is 16.7. The van der Waals surface area contributed by atoms with Gasteiger partial charge in [0.15, 0.2) is 0 Å². The Hall–Kier alpha value is -1.70. The van der Waals surface area contributed by atoms with Crippen LogP contribution in [0.15, 0.2) is 22.7 Å². The first-order valence-corrected chi connectivity index (χ1v) is 8.97. The zero-order valence-electron chi connectivity index (χ0n) is 15.1. The molecule has 1 amide bonds. The van der Waals surface area contributed by atoms with Gasteiger partial charge in [0.05, 0.1) is 25.1 Å². The molecule has 1 heterocycles. The van der Waals surface area contributed by atoms with E-state index < -0.39 is 36.0 Å². The smallest absolute Gasteiger partial charge is 0.410 e. The number of halogens is 3. The molecule has 1 aromatic carbocycles. The molecule has 1 fully saturated rings. The van der Waals surface area contributed by atoms with Gasteiger partial charge in [-0.15, -0.1) is 0 Å². The molecular formula is C18H22BrF2NO4. The van der Waals surface area contributed by atoms with Crippen LogP contribution in [0, 0.1) is 0 Å². The summed E-state index contributed by atoms with van der Waals surface area (Å²) in [4.78, 5) is 24.7. The van der Waals surface area contributed by atoms with Crippen molar-refractivity contribution in [3.63, 3.8) is 0 Å². The van der Waals surface area contributed by atoms with Crippen LogP contribution in [0.25, 0.3) is 0 Å². The fraction of sp³-hybridized carbons (Fsp3) is 0.556. The summed E-state index contributed by atoms with van der Waals surface area (Å²) < 4.78 is 39.6. The largest absolute Gasteiger partial charge is 0.465 e. The highest BCUT2D eigenvalue weighted by Gasteiger charge is 2.47. The van der Waals surface area contributed by atoms with Gasteiger partial charge in [-0.1, -0.05) is 6.07 Å². The first kappa shape index (κ1) is 20.6. The van der Waals surface area contributed by atoms with E-state index in [1.807, 2.05) is 0 Å². The van der Waals surface area contributed by atoms with E-state index >= 15 is 0 Å². The number of carbonyl (C=O) groups is 2. The Labute approximate surface area is 159 Å². The van der Waals surface area contributed by atoms with Crippen LogP contribution in [-0.4, -0.2) is 48.7 Å². The SMILES string of the molecule is COC(=O)c1ccc(C2CCN(C(=O)OC(C)(C)C)CC2(F)F)cc1Br. The summed E-state index contributed by atoms with van der Waals surface area (Å²) in [5.74, 6) is -4.71. The van der Waals surface area contributed by atoms with Gasteiger partial charge in [0, 0.05) is 11.0 Å². The number of piperidine rings is 1. The Morgan fingerprint density at radius 2 is 1.96 bits per heavy atom. The molecule has 1 saturated heterocycles. The average Bonchev–Trinajstić information content (AvgIpc) is 2.51. The van der Waals surface area contributed by atoms with E-state index in [4.69, 9.17) is 4.74 Å². The lowest BCUT2D eigenvalue weighted by molar-refractivity contribution is -0.0849. The van der Waals surface area contributed by atoms with E-state index in [2.05, 4.69) is 20.7 Å². The van der Waals surface area contributed by atoms with Crippen LogP contribution >= 0.6 is 15.9 Å². The summed E-state index contributed by atoms with van der Waals surface area (Å²) in [7, 11) is 1.25. The zero-order chi connectivity index (χ0) is 19.7. The van der Waals surface area contributed by atoms with Crippen molar-refractivity contribution >= 4 is 28.0 Å². The third-order valence-corrected chi connectivity index (χ3v) is 4.71. The molecule has 0 aliphatic carbocycles. The predicted molar refractivity (Wildman–Crippen MR) is 95.6 cm³/mol. The molecule has 8 heteroatoms. The van der Waals surface area contributed by atoms with E-state index in [1.165, 1.54) is 25.3 Å². The maximum Gasteiger partial charge on any atom is 0.410 e. The van der Waals surface area contributed by atoms with Gasteiger partial charge >= 0.3 is 12.1 Å². The molecule has 1 aliphatic heterocycles. The number of likely N-dealkylation sites (tertiary alicyclic amines) is 1. The molecule has 5 nitrogen and oxygen atoms in total. The normalized spacial score (nSPS) is 19.8. The Bertz CT molecular complexity index is 703. The van der Waals surface area contributed by atoms with Crippen molar-refractivity contribution in [3.8, 4) is 0 Å². The molecule has 0 spiro atoms. The molecule has 1 aromatic rings. The minimum Gasteiger partial charge on any atom is -0.465 e. The second-order valence-corrected chi connectivity index (χ2v) is 8.09. The minimum absolute atomic E-state index is 0.0935. The minimum atomic E-state index is -3.11. The third-order valence-electron chi connectivity index (χ3n) is 4.05. The quantitative estimate of drug-likeness (QED) is 0.639. The van der Waals surface area contributed by atoms with Crippen molar-refractivity contribution < 1.29 is 27.8 Å². The van der Waals surface area contributed by atoms with E-state index in [0.717, 1.165) is 4.90 Å². The molecule has 0 N–H and O–H groups in total. The highest BCUT2D eigenvalue weighted by atomic mass is 79.9. The van der Waals surface area contributed by atoms with Gasteiger partial charge in [0.1, 0.15) is 5.60 Å². The van der Waals surface area contributed by atoms with Gasteiger partial charge in [-0.25, -0.2) is 18.4 Å². The standard InChI is InChI=1S/C18H22BrF2NO4/c1-17(2,3)26-16(24)22-8-7-13(18(20,21)10-22)11-5-6-12(14(19)9-11)15(23)25-4/h5-6,9,13H,7-8,10H2,1-4H3. The lowest BCUT2D eigenvalue weighted by Crippen LogP contribution is -2.50. The van der Waals surface area contributed by atoms with Crippen molar-refractivity contribution in [2.75, 3.05) is 20.2 Å². The molecule has 1 unspecified atom stereocenters. The molecule has 2 rings (SSSR count). The number of amides is 1. The molecule has 1 aliphatic rings. The summed E-state index contributed by atoms with van der Waals surface area (Å²) in [5, 5.41) is 0. The number of esters is 1. The van der Waals surface area contributed by atoms with Gasteiger partial charge in [0.25, 0.3) is 5.92 Å².